The van der Waals surface area contributed by atoms with Gasteiger partial charge in [0, 0.05) is 13.2 Å². The molecule has 0 aromatic rings. The van der Waals surface area contributed by atoms with E-state index >= 15 is 0 Å². The lowest BCUT2D eigenvalue weighted by Crippen LogP contribution is -2.48. The number of methoxy groups -OCH3 is 1. The molecule has 1 amide bonds. The Labute approximate surface area is 191 Å². The molecule has 0 radical (unpaired) electrons. The van der Waals surface area contributed by atoms with Crippen molar-refractivity contribution in [3.8, 4) is 0 Å². The first-order valence-electron chi connectivity index (χ1n) is 11.9. The highest BCUT2D eigenvalue weighted by Crippen LogP contribution is 2.44. The zero-order valence-electron chi connectivity index (χ0n) is 20.1. The number of carboxylic acid groups (broad SMARTS) is 1. The first kappa shape index (κ1) is 26.6. The molecular formula is C24H41NO7. The second-order valence-corrected chi connectivity index (χ2v) is 10.3. The van der Waals surface area contributed by atoms with Gasteiger partial charge in [-0.3, -0.25) is 14.4 Å². The number of hydrogen-bond donors (Lipinski definition) is 2. The Kier molecular flexibility index (Phi) is 9.95. The predicted octanol–water partition coefficient (Wildman–Crippen LogP) is 3.32. The zero-order chi connectivity index (χ0) is 23.8. The molecule has 2 fully saturated rings. The third-order valence-electron chi connectivity index (χ3n) is 6.58. The number of nitrogens with one attached hydrogen (secondary N) is 1. The molecule has 2 rings (SSSR count). The summed E-state index contributed by atoms with van der Waals surface area (Å²) in [5.41, 5.74) is -1.23. The van der Waals surface area contributed by atoms with Gasteiger partial charge in [0.2, 0.25) is 5.91 Å². The number of ether oxygens (including phenoxy) is 3. The van der Waals surface area contributed by atoms with Crippen LogP contribution in [0.15, 0.2) is 0 Å². The van der Waals surface area contributed by atoms with Gasteiger partial charge in [-0.1, -0.05) is 12.8 Å². The molecular weight excluding hydrogens is 414 g/mol. The summed E-state index contributed by atoms with van der Waals surface area (Å²) in [6.45, 7) is 6.50. The summed E-state index contributed by atoms with van der Waals surface area (Å²) in [6, 6.07) is -0.00601. The van der Waals surface area contributed by atoms with Crippen LogP contribution in [0.1, 0.15) is 78.6 Å². The number of carboxylic acids is 1. The van der Waals surface area contributed by atoms with Crippen LogP contribution in [-0.4, -0.2) is 61.5 Å². The molecule has 0 aliphatic heterocycles. The molecule has 0 spiro atoms. The third kappa shape index (κ3) is 8.03. The molecule has 8 nitrogen and oxygen atoms in total. The molecule has 8 heteroatoms. The topological polar surface area (TPSA) is 111 Å². The Morgan fingerprint density at radius 3 is 2.22 bits per heavy atom. The van der Waals surface area contributed by atoms with E-state index in [1.165, 1.54) is 0 Å². The fraction of sp³-hybridized carbons (Fsp3) is 0.875. The average Bonchev–Trinajstić information content (AvgIpc) is 3.19. The Bertz CT molecular complexity index is 629. The van der Waals surface area contributed by atoms with E-state index < -0.39 is 22.9 Å². The number of hydrogen-bond acceptors (Lipinski definition) is 6. The molecule has 0 aromatic carbocycles. The molecule has 0 heterocycles. The molecule has 0 saturated heterocycles. The molecule has 1 atom stereocenters. The summed E-state index contributed by atoms with van der Waals surface area (Å²) < 4.78 is 16.3. The average molecular weight is 456 g/mol. The van der Waals surface area contributed by atoms with E-state index in [-0.39, 0.29) is 30.4 Å². The van der Waals surface area contributed by atoms with Crippen LogP contribution in [-0.2, 0) is 28.6 Å². The lowest BCUT2D eigenvalue weighted by Gasteiger charge is -2.35. The second kappa shape index (κ2) is 12.0. The van der Waals surface area contributed by atoms with Crippen molar-refractivity contribution in [3.05, 3.63) is 0 Å². The summed E-state index contributed by atoms with van der Waals surface area (Å²) in [4.78, 5) is 37.6. The van der Waals surface area contributed by atoms with E-state index in [0.717, 1.165) is 25.7 Å². The molecule has 0 aromatic heterocycles. The molecule has 2 N–H and O–H groups in total. The number of rotatable bonds is 11. The van der Waals surface area contributed by atoms with E-state index in [0.29, 0.717) is 45.3 Å². The largest absolute Gasteiger partial charge is 0.481 e. The number of carbonyl (C=O) groups is 3. The Morgan fingerprint density at radius 2 is 1.69 bits per heavy atom. The summed E-state index contributed by atoms with van der Waals surface area (Å²) in [5, 5.41) is 12.4. The summed E-state index contributed by atoms with van der Waals surface area (Å²) in [6.07, 6.45) is 6.28. The minimum atomic E-state index is -0.754. The van der Waals surface area contributed by atoms with Crippen molar-refractivity contribution in [1.29, 1.82) is 0 Å². The van der Waals surface area contributed by atoms with Gasteiger partial charge in [0.15, 0.2) is 0 Å². The minimum absolute atomic E-state index is 0.00601. The third-order valence-corrected chi connectivity index (χ3v) is 6.58. The van der Waals surface area contributed by atoms with Gasteiger partial charge in [0.25, 0.3) is 0 Å². The van der Waals surface area contributed by atoms with Gasteiger partial charge in [-0.25, -0.2) is 0 Å². The fourth-order valence-corrected chi connectivity index (χ4v) is 4.83. The van der Waals surface area contributed by atoms with E-state index in [4.69, 9.17) is 14.2 Å². The fourth-order valence-electron chi connectivity index (χ4n) is 4.83. The summed E-state index contributed by atoms with van der Waals surface area (Å²) >= 11 is 0. The lowest BCUT2D eigenvalue weighted by atomic mass is 9.76. The zero-order valence-corrected chi connectivity index (χ0v) is 20.1. The van der Waals surface area contributed by atoms with Gasteiger partial charge in [-0.2, -0.15) is 0 Å². The van der Waals surface area contributed by atoms with Gasteiger partial charge in [-0.05, 0) is 65.7 Å². The van der Waals surface area contributed by atoms with Gasteiger partial charge < -0.3 is 24.6 Å². The Morgan fingerprint density at radius 1 is 1.06 bits per heavy atom. The molecule has 1 unspecified atom stereocenters. The van der Waals surface area contributed by atoms with Crippen molar-refractivity contribution in [2.24, 2.45) is 17.3 Å². The second-order valence-electron chi connectivity index (χ2n) is 10.3. The van der Waals surface area contributed by atoms with Crippen molar-refractivity contribution in [3.63, 3.8) is 0 Å². The molecule has 2 aliphatic carbocycles. The van der Waals surface area contributed by atoms with Gasteiger partial charge >= 0.3 is 11.9 Å². The number of carbonyl (C=O) groups excluding carboxylic acids is 2. The molecule has 0 bridgehead atoms. The Hall–Kier alpha value is -1.67. The lowest BCUT2D eigenvalue weighted by molar-refractivity contribution is -0.164. The van der Waals surface area contributed by atoms with Crippen LogP contribution >= 0.6 is 0 Å². The van der Waals surface area contributed by atoms with Crippen LogP contribution < -0.4 is 5.32 Å². The normalized spacial score (nSPS) is 24.0. The monoisotopic (exact) mass is 455 g/mol. The van der Waals surface area contributed by atoms with Crippen molar-refractivity contribution >= 4 is 17.8 Å². The number of esters is 1. The summed E-state index contributed by atoms with van der Waals surface area (Å²) in [5.74, 6) is -1.95. The molecule has 2 aliphatic rings. The number of aliphatic carboxylic acids is 1. The maximum Gasteiger partial charge on any atom is 0.311 e. The maximum atomic E-state index is 13.4. The van der Waals surface area contributed by atoms with Crippen molar-refractivity contribution in [1.82, 2.24) is 5.32 Å². The van der Waals surface area contributed by atoms with Crippen molar-refractivity contribution < 1.29 is 33.7 Å². The van der Waals surface area contributed by atoms with E-state index in [9.17, 15) is 19.5 Å². The van der Waals surface area contributed by atoms with Crippen LogP contribution in [0, 0.1) is 17.3 Å². The number of amides is 1. The molecule has 184 valence electrons. The van der Waals surface area contributed by atoms with Gasteiger partial charge in [0.1, 0.15) is 5.60 Å². The highest BCUT2D eigenvalue weighted by molar-refractivity contribution is 5.84. The maximum absolute atomic E-state index is 13.4. The van der Waals surface area contributed by atoms with Gasteiger partial charge in [0.05, 0.1) is 37.1 Å². The highest BCUT2D eigenvalue weighted by Gasteiger charge is 2.45. The van der Waals surface area contributed by atoms with Crippen LogP contribution in [0.25, 0.3) is 0 Å². The standard InChI is InChI=1S/C24H41NO7/c1-23(2,3)32-21(28)18(16-31-14-13-30-4)15-24(11-5-6-12-24)22(29)25-19-9-7-17(8-10-19)20(26)27/h17-19H,5-16H2,1-4H3,(H,25,29)(H,26,27). The van der Waals surface area contributed by atoms with Crippen molar-refractivity contribution in [2.45, 2.75) is 90.2 Å². The quantitative estimate of drug-likeness (QED) is 0.363. The van der Waals surface area contributed by atoms with E-state index in [1.54, 1.807) is 7.11 Å². The van der Waals surface area contributed by atoms with Gasteiger partial charge in [-0.15, -0.1) is 0 Å². The van der Waals surface area contributed by atoms with E-state index in [1.807, 2.05) is 20.8 Å². The summed E-state index contributed by atoms with van der Waals surface area (Å²) in [7, 11) is 1.59. The predicted molar refractivity (Wildman–Crippen MR) is 119 cm³/mol. The van der Waals surface area contributed by atoms with Crippen LogP contribution in [0.2, 0.25) is 0 Å². The molecule has 2 saturated carbocycles. The highest BCUT2D eigenvalue weighted by atomic mass is 16.6. The van der Waals surface area contributed by atoms with Crippen LogP contribution in [0.3, 0.4) is 0 Å². The van der Waals surface area contributed by atoms with Crippen LogP contribution in [0.5, 0.6) is 0 Å². The van der Waals surface area contributed by atoms with Crippen molar-refractivity contribution in [2.75, 3.05) is 26.9 Å². The van der Waals surface area contributed by atoms with E-state index in [2.05, 4.69) is 5.32 Å². The SMILES string of the molecule is COCCOCC(CC1(C(=O)NC2CCC(C(=O)O)CC2)CCCC1)C(=O)OC(C)(C)C. The minimum Gasteiger partial charge on any atom is -0.481 e. The first-order valence-corrected chi connectivity index (χ1v) is 11.9. The smallest absolute Gasteiger partial charge is 0.311 e. The first-order chi connectivity index (χ1) is 15.1. The molecule has 32 heavy (non-hydrogen) atoms. The Balaban J connectivity index is 2.05. The van der Waals surface area contributed by atoms with Crippen LogP contribution in [0.4, 0.5) is 0 Å².